The van der Waals surface area contributed by atoms with Gasteiger partial charge in [-0.1, -0.05) is 18.2 Å². The highest BCUT2D eigenvalue weighted by Gasteiger charge is 2.20. The van der Waals surface area contributed by atoms with Crippen LogP contribution in [0.3, 0.4) is 0 Å². The number of carbonyl (C=O) groups excluding carboxylic acids is 1. The van der Waals surface area contributed by atoms with Crippen LogP contribution in [0.15, 0.2) is 48.7 Å². The van der Waals surface area contributed by atoms with Crippen molar-refractivity contribution < 1.29 is 4.79 Å². The van der Waals surface area contributed by atoms with Crippen molar-refractivity contribution in [3.05, 3.63) is 65.5 Å². The molecule has 26 heavy (non-hydrogen) atoms. The number of rotatable bonds is 6. The smallest absolute Gasteiger partial charge is 0.248 e. The molecule has 1 atom stereocenters. The third kappa shape index (κ3) is 5.13. The number of hydrogen-bond acceptors (Lipinski definition) is 4. The summed E-state index contributed by atoms with van der Waals surface area (Å²) in [5, 5.41) is 0. The van der Waals surface area contributed by atoms with Crippen molar-refractivity contribution in [3.8, 4) is 0 Å². The summed E-state index contributed by atoms with van der Waals surface area (Å²) in [6.07, 6.45) is 5.46. The SMILES string of the molecule is CN(Cc1ccccn1)[C@H]1CCCN(Cc2ccc(C(N)=O)cc2)CC1. The normalized spacial score (nSPS) is 18.6. The van der Waals surface area contributed by atoms with Crippen LogP contribution in [0.5, 0.6) is 0 Å². The Morgan fingerprint density at radius 3 is 2.69 bits per heavy atom. The molecule has 2 N–H and O–H groups in total. The molecule has 5 heteroatoms. The first-order chi connectivity index (χ1) is 12.6. The second-order valence-corrected chi connectivity index (χ2v) is 7.16. The van der Waals surface area contributed by atoms with Gasteiger partial charge in [0.25, 0.3) is 0 Å². The maximum absolute atomic E-state index is 11.2. The average molecular weight is 352 g/mol. The van der Waals surface area contributed by atoms with E-state index in [-0.39, 0.29) is 5.91 Å². The van der Waals surface area contributed by atoms with Gasteiger partial charge >= 0.3 is 0 Å². The Labute approximate surface area is 155 Å². The fraction of sp³-hybridized carbons (Fsp3) is 0.429. The summed E-state index contributed by atoms with van der Waals surface area (Å²) in [7, 11) is 2.21. The van der Waals surface area contributed by atoms with Gasteiger partial charge in [0, 0.05) is 30.9 Å². The molecule has 1 aliphatic heterocycles. The predicted molar refractivity (Wildman–Crippen MR) is 104 cm³/mol. The van der Waals surface area contributed by atoms with Crippen molar-refractivity contribution in [3.63, 3.8) is 0 Å². The van der Waals surface area contributed by atoms with Crippen LogP contribution < -0.4 is 5.73 Å². The Bertz CT molecular complexity index is 702. The van der Waals surface area contributed by atoms with Gasteiger partial charge in [-0.3, -0.25) is 19.6 Å². The second-order valence-electron chi connectivity index (χ2n) is 7.16. The summed E-state index contributed by atoms with van der Waals surface area (Å²) in [5.41, 5.74) is 8.24. The molecule has 0 aliphatic carbocycles. The summed E-state index contributed by atoms with van der Waals surface area (Å²) >= 11 is 0. The number of likely N-dealkylation sites (tertiary alicyclic amines) is 1. The van der Waals surface area contributed by atoms with Gasteiger partial charge in [-0.15, -0.1) is 0 Å². The molecule has 2 aromatic rings. The van der Waals surface area contributed by atoms with Gasteiger partial charge in [0.1, 0.15) is 0 Å². The Balaban J connectivity index is 1.52. The van der Waals surface area contributed by atoms with Crippen LogP contribution in [-0.4, -0.2) is 46.9 Å². The van der Waals surface area contributed by atoms with E-state index in [2.05, 4.69) is 34.0 Å². The third-order valence-corrected chi connectivity index (χ3v) is 5.20. The lowest BCUT2D eigenvalue weighted by Crippen LogP contribution is -2.32. The van der Waals surface area contributed by atoms with Crippen LogP contribution >= 0.6 is 0 Å². The Hall–Kier alpha value is -2.24. The largest absolute Gasteiger partial charge is 0.366 e. The molecule has 1 amide bonds. The van der Waals surface area contributed by atoms with Crippen LogP contribution in [0.2, 0.25) is 0 Å². The van der Waals surface area contributed by atoms with E-state index in [0.717, 1.165) is 31.9 Å². The molecule has 3 rings (SSSR count). The summed E-state index contributed by atoms with van der Waals surface area (Å²) in [6.45, 7) is 4.04. The predicted octanol–water partition coefficient (Wildman–Crippen LogP) is 2.67. The summed E-state index contributed by atoms with van der Waals surface area (Å²) in [6, 6.07) is 14.4. The molecule has 0 spiro atoms. The molecule has 5 nitrogen and oxygen atoms in total. The van der Waals surface area contributed by atoms with E-state index < -0.39 is 0 Å². The van der Waals surface area contributed by atoms with Crippen molar-refractivity contribution in [1.29, 1.82) is 0 Å². The number of amides is 1. The minimum absolute atomic E-state index is 0.370. The molecular formula is C21H28N4O. The first kappa shape index (κ1) is 18.5. The average Bonchev–Trinajstić information content (AvgIpc) is 2.89. The Morgan fingerprint density at radius 1 is 1.19 bits per heavy atom. The van der Waals surface area contributed by atoms with Gasteiger partial charge in [-0.05, 0) is 69.2 Å². The molecule has 1 aliphatic rings. The molecule has 1 fully saturated rings. The molecular weight excluding hydrogens is 324 g/mol. The summed E-state index contributed by atoms with van der Waals surface area (Å²) in [4.78, 5) is 20.6. The van der Waals surface area contributed by atoms with Gasteiger partial charge in [0.05, 0.1) is 5.69 Å². The lowest BCUT2D eigenvalue weighted by Gasteiger charge is -2.27. The fourth-order valence-electron chi connectivity index (χ4n) is 3.65. The molecule has 1 saturated heterocycles. The minimum atomic E-state index is -0.370. The number of primary amides is 1. The Morgan fingerprint density at radius 2 is 2.00 bits per heavy atom. The van der Waals surface area contributed by atoms with Gasteiger partial charge in [0.15, 0.2) is 0 Å². The number of benzene rings is 1. The number of hydrogen-bond donors (Lipinski definition) is 1. The lowest BCUT2D eigenvalue weighted by molar-refractivity contribution is 0.100. The number of aromatic nitrogens is 1. The summed E-state index contributed by atoms with van der Waals surface area (Å²) < 4.78 is 0. The maximum atomic E-state index is 11.2. The van der Waals surface area contributed by atoms with E-state index in [0.29, 0.717) is 11.6 Å². The first-order valence-electron chi connectivity index (χ1n) is 9.33. The highest BCUT2D eigenvalue weighted by molar-refractivity contribution is 5.92. The lowest BCUT2D eigenvalue weighted by atomic mass is 10.1. The van der Waals surface area contributed by atoms with Crippen molar-refractivity contribution in [2.24, 2.45) is 5.73 Å². The van der Waals surface area contributed by atoms with Gasteiger partial charge in [-0.25, -0.2) is 0 Å². The molecule has 138 valence electrons. The van der Waals surface area contributed by atoms with Crippen LogP contribution in [-0.2, 0) is 13.1 Å². The topological polar surface area (TPSA) is 62.5 Å². The van der Waals surface area contributed by atoms with Crippen LogP contribution in [0, 0.1) is 0 Å². The first-order valence-corrected chi connectivity index (χ1v) is 9.33. The highest BCUT2D eigenvalue weighted by Crippen LogP contribution is 2.19. The van der Waals surface area contributed by atoms with E-state index in [1.54, 1.807) is 0 Å². The number of carbonyl (C=O) groups is 1. The highest BCUT2D eigenvalue weighted by atomic mass is 16.1. The minimum Gasteiger partial charge on any atom is -0.366 e. The number of nitrogens with two attached hydrogens (primary N) is 1. The zero-order valence-electron chi connectivity index (χ0n) is 15.5. The van der Waals surface area contributed by atoms with Crippen LogP contribution in [0.4, 0.5) is 0 Å². The Kier molecular flexibility index (Phi) is 6.36. The van der Waals surface area contributed by atoms with Gasteiger partial charge < -0.3 is 5.73 Å². The monoisotopic (exact) mass is 352 g/mol. The molecule has 0 saturated carbocycles. The van der Waals surface area contributed by atoms with Crippen molar-refractivity contribution in [2.75, 3.05) is 20.1 Å². The molecule has 0 radical (unpaired) electrons. The van der Waals surface area contributed by atoms with Crippen molar-refractivity contribution >= 4 is 5.91 Å². The van der Waals surface area contributed by atoms with E-state index in [1.807, 2.05) is 36.5 Å². The zero-order chi connectivity index (χ0) is 18.4. The number of nitrogens with zero attached hydrogens (tertiary/aromatic N) is 3. The van der Waals surface area contributed by atoms with Crippen LogP contribution in [0.1, 0.15) is 40.9 Å². The number of pyridine rings is 1. The van der Waals surface area contributed by atoms with Gasteiger partial charge in [-0.2, -0.15) is 0 Å². The molecule has 2 heterocycles. The van der Waals surface area contributed by atoms with Crippen molar-refractivity contribution in [1.82, 2.24) is 14.8 Å². The van der Waals surface area contributed by atoms with Crippen LogP contribution in [0.25, 0.3) is 0 Å². The van der Waals surface area contributed by atoms with E-state index in [1.165, 1.54) is 24.8 Å². The summed E-state index contributed by atoms with van der Waals surface area (Å²) in [5.74, 6) is -0.370. The second kappa shape index (κ2) is 8.92. The maximum Gasteiger partial charge on any atom is 0.248 e. The molecule has 1 aromatic heterocycles. The zero-order valence-corrected chi connectivity index (χ0v) is 15.5. The quantitative estimate of drug-likeness (QED) is 0.868. The van der Waals surface area contributed by atoms with E-state index in [9.17, 15) is 4.79 Å². The van der Waals surface area contributed by atoms with Gasteiger partial charge in [0.2, 0.25) is 5.91 Å². The van der Waals surface area contributed by atoms with Crippen molar-refractivity contribution in [2.45, 2.75) is 38.4 Å². The fourth-order valence-corrected chi connectivity index (χ4v) is 3.65. The molecule has 0 unspecified atom stereocenters. The van der Waals surface area contributed by atoms with E-state index in [4.69, 9.17) is 5.73 Å². The molecule has 1 aromatic carbocycles. The standard InChI is InChI=1S/C21H28N4O/c1-24(16-19-5-2-3-12-23-19)20-6-4-13-25(14-11-20)15-17-7-9-18(10-8-17)21(22)26/h2-3,5,7-10,12,20H,4,6,11,13-16H2,1H3,(H2,22,26)/t20-/m0/s1. The molecule has 0 bridgehead atoms. The van der Waals surface area contributed by atoms with E-state index >= 15 is 0 Å². The third-order valence-electron chi connectivity index (χ3n) is 5.20.